The Morgan fingerprint density at radius 1 is 1.18 bits per heavy atom. The molecule has 6 heteroatoms. The molecule has 1 amide bonds. The Balaban J connectivity index is 2.35. The van der Waals surface area contributed by atoms with Gasteiger partial charge in [0.25, 0.3) is 0 Å². The molecule has 0 aliphatic heterocycles. The van der Waals surface area contributed by atoms with E-state index in [0.29, 0.717) is 37.9 Å². The van der Waals surface area contributed by atoms with Gasteiger partial charge in [-0.15, -0.1) is 0 Å². The van der Waals surface area contributed by atoms with Gasteiger partial charge in [-0.05, 0) is 32.0 Å². The normalized spacial score (nSPS) is 10.5. The van der Waals surface area contributed by atoms with Crippen LogP contribution in [0, 0.1) is 0 Å². The molecule has 0 saturated heterocycles. The van der Waals surface area contributed by atoms with Gasteiger partial charge in [0.05, 0.1) is 18.8 Å². The maximum atomic E-state index is 11.9. The number of ether oxygens (including phenoxy) is 3. The van der Waals surface area contributed by atoms with Gasteiger partial charge in [0.15, 0.2) is 0 Å². The van der Waals surface area contributed by atoms with Gasteiger partial charge in [-0.2, -0.15) is 0 Å². The Labute approximate surface area is 132 Å². The molecule has 0 aromatic heterocycles. The van der Waals surface area contributed by atoms with Crippen molar-refractivity contribution in [2.75, 3.05) is 51.9 Å². The highest BCUT2D eigenvalue weighted by molar-refractivity contribution is 5.93. The van der Waals surface area contributed by atoms with E-state index in [1.807, 2.05) is 31.2 Å². The quantitative estimate of drug-likeness (QED) is 0.575. The van der Waals surface area contributed by atoms with Crippen LogP contribution in [-0.4, -0.2) is 52.5 Å². The third-order valence-electron chi connectivity index (χ3n) is 2.84. The summed E-state index contributed by atoms with van der Waals surface area (Å²) in [6.45, 7) is 5.27. The van der Waals surface area contributed by atoms with E-state index in [4.69, 9.17) is 14.2 Å². The molecule has 0 heterocycles. The summed E-state index contributed by atoms with van der Waals surface area (Å²) in [5.41, 5.74) is 0.669. The first kappa shape index (κ1) is 18.4. The molecule has 0 bridgehead atoms. The molecule has 0 unspecified atom stereocenters. The molecule has 124 valence electrons. The predicted octanol–water partition coefficient (Wildman–Crippen LogP) is 1.67. The van der Waals surface area contributed by atoms with E-state index in [1.54, 1.807) is 7.11 Å². The second-order valence-corrected chi connectivity index (χ2v) is 4.61. The van der Waals surface area contributed by atoms with Crippen LogP contribution in [0.5, 0.6) is 5.75 Å². The van der Waals surface area contributed by atoms with Crippen LogP contribution in [0.2, 0.25) is 0 Å². The average molecular weight is 310 g/mol. The van der Waals surface area contributed by atoms with Gasteiger partial charge < -0.3 is 24.8 Å². The summed E-state index contributed by atoms with van der Waals surface area (Å²) in [6.07, 6.45) is 0.876. The Hall–Kier alpha value is -1.63. The summed E-state index contributed by atoms with van der Waals surface area (Å²) in [7, 11) is 1.66. The highest BCUT2D eigenvalue weighted by Crippen LogP contribution is 2.23. The van der Waals surface area contributed by atoms with Crippen LogP contribution in [0.3, 0.4) is 0 Å². The van der Waals surface area contributed by atoms with Crippen molar-refractivity contribution in [1.29, 1.82) is 0 Å². The van der Waals surface area contributed by atoms with Crippen molar-refractivity contribution in [2.45, 2.75) is 13.3 Å². The summed E-state index contributed by atoms with van der Waals surface area (Å²) in [5.74, 6) is 0.549. The van der Waals surface area contributed by atoms with Crippen LogP contribution in [-0.2, 0) is 14.3 Å². The van der Waals surface area contributed by atoms with E-state index in [0.717, 1.165) is 13.0 Å². The van der Waals surface area contributed by atoms with Gasteiger partial charge in [-0.3, -0.25) is 4.79 Å². The van der Waals surface area contributed by atoms with Crippen LogP contribution in [0.25, 0.3) is 0 Å². The predicted molar refractivity (Wildman–Crippen MR) is 86.4 cm³/mol. The summed E-state index contributed by atoms with van der Waals surface area (Å²) >= 11 is 0. The van der Waals surface area contributed by atoms with Crippen molar-refractivity contribution in [3.05, 3.63) is 24.3 Å². The number of nitrogens with one attached hydrogen (secondary N) is 2. The number of anilines is 1. The lowest BCUT2D eigenvalue weighted by molar-refractivity contribution is -0.115. The molecule has 2 N–H and O–H groups in total. The topological polar surface area (TPSA) is 68.8 Å². The van der Waals surface area contributed by atoms with Gasteiger partial charge >= 0.3 is 0 Å². The van der Waals surface area contributed by atoms with Gasteiger partial charge in [0.2, 0.25) is 5.91 Å². The Bertz CT molecular complexity index is 426. The van der Waals surface area contributed by atoms with Crippen molar-refractivity contribution in [2.24, 2.45) is 0 Å². The maximum Gasteiger partial charge on any atom is 0.238 e. The Morgan fingerprint density at radius 3 is 2.77 bits per heavy atom. The summed E-state index contributed by atoms with van der Waals surface area (Å²) in [6, 6.07) is 7.37. The average Bonchev–Trinajstić information content (AvgIpc) is 2.53. The lowest BCUT2D eigenvalue weighted by atomic mass is 10.3. The summed E-state index contributed by atoms with van der Waals surface area (Å²) in [4.78, 5) is 11.9. The van der Waals surface area contributed by atoms with Gasteiger partial charge in [0, 0.05) is 20.3 Å². The first-order valence-corrected chi connectivity index (χ1v) is 7.57. The van der Waals surface area contributed by atoms with Gasteiger partial charge in [-0.1, -0.05) is 12.1 Å². The third kappa shape index (κ3) is 7.97. The lowest BCUT2D eigenvalue weighted by Crippen LogP contribution is -2.29. The molecule has 22 heavy (non-hydrogen) atoms. The maximum absolute atomic E-state index is 11.9. The van der Waals surface area contributed by atoms with E-state index in [-0.39, 0.29) is 12.5 Å². The number of hydrogen-bond donors (Lipinski definition) is 2. The molecule has 0 radical (unpaired) electrons. The molecule has 0 aliphatic carbocycles. The minimum absolute atomic E-state index is 0.0988. The molecule has 6 nitrogen and oxygen atoms in total. The van der Waals surface area contributed by atoms with E-state index in [2.05, 4.69) is 10.6 Å². The Morgan fingerprint density at radius 2 is 2.00 bits per heavy atom. The molecule has 0 fully saturated rings. The fourth-order valence-electron chi connectivity index (χ4n) is 1.79. The highest BCUT2D eigenvalue weighted by Gasteiger charge is 2.07. The number of rotatable bonds is 12. The monoisotopic (exact) mass is 310 g/mol. The number of carbonyl (C=O) groups excluding carboxylic acids is 1. The molecule has 1 aromatic carbocycles. The molecular formula is C16H26N2O4. The minimum atomic E-state index is -0.0988. The Kier molecular flexibility index (Phi) is 10.0. The van der Waals surface area contributed by atoms with Crippen molar-refractivity contribution >= 4 is 11.6 Å². The zero-order valence-corrected chi connectivity index (χ0v) is 13.4. The zero-order chi connectivity index (χ0) is 16.0. The second-order valence-electron chi connectivity index (χ2n) is 4.61. The van der Waals surface area contributed by atoms with Crippen molar-refractivity contribution in [3.63, 3.8) is 0 Å². The van der Waals surface area contributed by atoms with Gasteiger partial charge in [0.1, 0.15) is 12.4 Å². The molecule has 0 aliphatic rings. The fourth-order valence-corrected chi connectivity index (χ4v) is 1.79. The smallest absolute Gasteiger partial charge is 0.238 e. The van der Waals surface area contributed by atoms with Crippen molar-refractivity contribution in [1.82, 2.24) is 5.32 Å². The first-order valence-electron chi connectivity index (χ1n) is 7.57. The third-order valence-corrected chi connectivity index (χ3v) is 2.84. The van der Waals surface area contributed by atoms with Crippen LogP contribution in [0.1, 0.15) is 13.3 Å². The molecule has 0 spiro atoms. The van der Waals surface area contributed by atoms with E-state index >= 15 is 0 Å². The number of methoxy groups -OCH3 is 1. The van der Waals surface area contributed by atoms with Crippen LogP contribution in [0.4, 0.5) is 5.69 Å². The van der Waals surface area contributed by atoms with Gasteiger partial charge in [-0.25, -0.2) is 0 Å². The van der Waals surface area contributed by atoms with Crippen LogP contribution < -0.4 is 15.4 Å². The number of benzene rings is 1. The van der Waals surface area contributed by atoms with Crippen LogP contribution >= 0.6 is 0 Å². The molecule has 0 atom stereocenters. The standard InChI is InChI=1S/C16H26N2O4/c1-3-21-11-12-22-15-8-5-4-7-14(15)18-16(19)13-17-9-6-10-20-2/h4-5,7-8,17H,3,6,9-13H2,1-2H3,(H,18,19). The summed E-state index contributed by atoms with van der Waals surface area (Å²) in [5, 5.41) is 5.91. The number of hydrogen-bond acceptors (Lipinski definition) is 5. The van der Waals surface area contributed by atoms with Crippen molar-refractivity contribution in [3.8, 4) is 5.75 Å². The fraction of sp³-hybridized carbons (Fsp3) is 0.562. The number of carbonyl (C=O) groups is 1. The SMILES string of the molecule is CCOCCOc1ccccc1NC(=O)CNCCCOC. The van der Waals surface area contributed by atoms with E-state index < -0.39 is 0 Å². The van der Waals surface area contributed by atoms with E-state index in [1.165, 1.54) is 0 Å². The number of para-hydroxylation sites is 2. The highest BCUT2D eigenvalue weighted by atomic mass is 16.5. The summed E-state index contributed by atoms with van der Waals surface area (Å²) < 4.78 is 15.8. The zero-order valence-electron chi connectivity index (χ0n) is 13.4. The lowest BCUT2D eigenvalue weighted by Gasteiger charge is -2.12. The molecule has 0 saturated carbocycles. The first-order chi connectivity index (χ1) is 10.8. The van der Waals surface area contributed by atoms with Crippen LogP contribution in [0.15, 0.2) is 24.3 Å². The van der Waals surface area contributed by atoms with Crippen molar-refractivity contribution < 1.29 is 19.0 Å². The second kappa shape index (κ2) is 12.0. The largest absolute Gasteiger partial charge is 0.489 e. The van der Waals surface area contributed by atoms with E-state index in [9.17, 15) is 4.79 Å². The molecule has 1 rings (SSSR count). The molecule has 1 aromatic rings. The molecular weight excluding hydrogens is 284 g/mol. The number of amides is 1. The minimum Gasteiger partial charge on any atom is -0.489 e.